The maximum Gasteiger partial charge on any atom is 0.338 e. The van der Waals surface area contributed by atoms with Gasteiger partial charge >= 0.3 is 5.97 Å². The Balaban J connectivity index is 1.77. The van der Waals surface area contributed by atoms with Gasteiger partial charge in [0.25, 0.3) is 11.8 Å². The number of fused-ring (bicyclic) bond motifs is 1. The first kappa shape index (κ1) is 18.3. The number of hydrogen-bond acceptors (Lipinski definition) is 4. The standard InChI is InChI=1S/C20H18BrNO4/c1-3-12(2)22-18(23)16-8-7-14(10-17(16)19(22)24)20(25)26-11-13-5-4-6-15(21)9-13/h4-10,12H,3,11H2,1-2H3/t12-/m0/s1. The van der Waals surface area contributed by atoms with Crippen LogP contribution in [0.15, 0.2) is 46.9 Å². The van der Waals surface area contributed by atoms with Gasteiger partial charge in [-0.2, -0.15) is 0 Å². The second-order valence-corrected chi connectivity index (χ2v) is 7.12. The topological polar surface area (TPSA) is 63.7 Å². The van der Waals surface area contributed by atoms with Crippen LogP contribution in [0, 0.1) is 0 Å². The number of hydrogen-bond donors (Lipinski definition) is 0. The smallest absolute Gasteiger partial charge is 0.338 e. The fourth-order valence-electron chi connectivity index (χ4n) is 2.83. The van der Waals surface area contributed by atoms with Crippen molar-refractivity contribution in [3.63, 3.8) is 0 Å². The number of halogens is 1. The molecule has 6 heteroatoms. The lowest BCUT2D eigenvalue weighted by molar-refractivity contribution is 0.0472. The molecule has 3 rings (SSSR count). The largest absolute Gasteiger partial charge is 0.457 e. The molecule has 1 heterocycles. The Kier molecular flexibility index (Phi) is 5.23. The Labute approximate surface area is 160 Å². The van der Waals surface area contributed by atoms with Gasteiger partial charge < -0.3 is 4.74 Å². The summed E-state index contributed by atoms with van der Waals surface area (Å²) in [5, 5.41) is 0. The van der Waals surface area contributed by atoms with Crippen LogP contribution in [0.25, 0.3) is 0 Å². The molecule has 0 fully saturated rings. The molecule has 1 atom stereocenters. The van der Waals surface area contributed by atoms with Crippen LogP contribution in [0.5, 0.6) is 0 Å². The van der Waals surface area contributed by atoms with E-state index >= 15 is 0 Å². The van der Waals surface area contributed by atoms with E-state index in [4.69, 9.17) is 4.74 Å². The molecule has 2 amide bonds. The summed E-state index contributed by atoms with van der Waals surface area (Å²) in [6.07, 6.45) is 0.674. The lowest BCUT2D eigenvalue weighted by Gasteiger charge is -2.20. The van der Waals surface area contributed by atoms with Crippen molar-refractivity contribution in [1.29, 1.82) is 0 Å². The lowest BCUT2D eigenvalue weighted by Crippen LogP contribution is -2.37. The summed E-state index contributed by atoms with van der Waals surface area (Å²) < 4.78 is 6.22. The summed E-state index contributed by atoms with van der Waals surface area (Å²) in [4.78, 5) is 38.5. The van der Waals surface area contributed by atoms with Crippen molar-refractivity contribution in [1.82, 2.24) is 4.90 Å². The monoisotopic (exact) mass is 415 g/mol. The molecule has 0 radical (unpaired) electrons. The number of ether oxygens (including phenoxy) is 1. The van der Waals surface area contributed by atoms with Gasteiger partial charge in [-0.3, -0.25) is 14.5 Å². The molecule has 26 heavy (non-hydrogen) atoms. The van der Waals surface area contributed by atoms with Crippen molar-refractivity contribution >= 4 is 33.7 Å². The molecule has 0 unspecified atom stereocenters. The highest BCUT2D eigenvalue weighted by Gasteiger charge is 2.38. The third kappa shape index (κ3) is 3.42. The van der Waals surface area contributed by atoms with E-state index in [0.717, 1.165) is 10.0 Å². The molecule has 0 spiro atoms. The molecule has 0 saturated heterocycles. The van der Waals surface area contributed by atoms with Gasteiger partial charge in [-0.15, -0.1) is 0 Å². The van der Waals surface area contributed by atoms with Crippen LogP contribution in [0.2, 0.25) is 0 Å². The van der Waals surface area contributed by atoms with Crippen molar-refractivity contribution in [2.45, 2.75) is 32.9 Å². The maximum absolute atomic E-state index is 12.5. The van der Waals surface area contributed by atoms with E-state index in [1.165, 1.54) is 23.1 Å². The summed E-state index contributed by atoms with van der Waals surface area (Å²) >= 11 is 3.37. The molecule has 5 nitrogen and oxygen atoms in total. The van der Waals surface area contributed by atoms with E-state index in [1.54, 1.807) is 0 Å². The molecule has 0 saturated carbocycles. The van der Waals surface area contributed by atoms with Crippen molar-refractivity contribution in [3.05, 3.63) is 69.2 Å². The summed E-state index contributed by atoms with van der Waals surface area (Å²) in [6.45, 7) is 3.87. The first-order chi connectivity index (χ1) is 12.4. The van der Waals surface area contributed by atoms with Crippen LogP contribution in [-0.4, -0.2) is 28.7 Å². The van der Waals surface area contributed by atoms with Gasteiger partial charge in [-0.05, 0) is 49.2 Å². The van der Waals surface area contributed by atoms with Crippen LogP contribution < -0.4 is 0 Å². The third-order valence-corrected chi connectivity index (χ3v) is 4.94. The molecular formula is C20H18BrNO4. The van der Waals surface area contributed by atoms with E-state index in [9.17, 15) is 14.4 Å². The average Bonchev–Trinajstić information content (AvgIpc) is 2.89. The number of amides is 2. The maximum atomic E-state index is 12.5. The van der Waals surface area contributed by atoms with Gasteiger partial charge in [0.15, 0.2) is 0 Å². The third-order valence-electron chi connectivity index (χ3n) is 4.44. The van der Waals surface area contributed by atoms with Crippen molar-refractivity contribution in [3.8, 4) is 0 Å². The average molecular weight is 416 g/mol. The van der Waals surface area contributed by atoms with Gasteiger partial charge in [0.1, 0.15) is 6.61 Å². The van der Waals surface area contributed by atoms with E-state index in [-0.39, 0.29) is 35.6 Å². The molecule has 134 valence electrons. The number of nitrogens with zero attached hydrogens (tertiary/aromatic N) is 1. The SMILES string of the molecule is CC[C@H](C)N1C(=O)c2ccc(C(=O)OCc3cccc(Br)c3)cc2C1=O. The minimum absolute atomic E-state index is 0.126. The molecule has 0 bridgehead atoms. The summed E-state index contributed by atoms with van der Waals surface area (Å²) in [6, 6.07) is 11.8. The van der Waals surface area contributed by atoms with Crippen LogP contribution in [0.1, 0.15) is 56.9 Å². The predicted molar refractivity (Wildman–Crippen MR) is 100.0 cm³/mol. The zero-order chi connectivity index (χ0) is 18.8. The zero-order valence-corrected chi connectivity index (χ0v) is 16.1. The van der Waals surface area contributed by atoms with E-state index < -0.39 is 5.97 Å². The summed E-state index contributed by atoms with van der Waals surface area (Å²) in [7, 11) is 0. The zero-order valence-electron chi connectivity index (χ0n) is 14.5. The van der Waals surface area contributed by atoms with Gasteiger partial charge in [0, 0.05) is 10.5 Å². The van der Waals surface area contributed by atoms with E-state index in [1.807, 2.05) is 38.1 Å². The van der Waals surface area contributed by atoms with Crippen molar-refractivity contribution < 1.29 is 19.1 Å². The van der Waals surface area contributed by atoms with Gasteiger partial charge in [0.05, 0.1) is 16.7 Å². The van der Waals surface area contributed by atoms with Crippen molar-refractivity contribution in [2.24, 2.45) is 0 Å². The number of carbonyl (C=O) groups is 3. The normalized spacial score (nSPS) is 14.3. The molecule has 2 aromatic carbocycles. The van der Waals surface area contributed by atoms with Gasteiger partial charge in [-0.1, -0.05) is 35.0 Å². The molecular weight excluding hydrogens is 398 g/mol. The number of carbonyl (C=O) groups excluding carboxylic acids is 3. The number of imide groups is 1. The second-order valence-electron chi connectivity index (χ2n) is 6.20. The highest BCUT2D eigenvalue weighted by Crippen LogP contribution is 2.27. The predicted octanol–water partition coefficient (Wildman–Crippen LogP) is 4.20. The van der Waals surface area contributed by atoms with E-state index in [0.29, 0.717) is 12.0 Å². The minimum atomic E-state index is -0.532. The first-order valence-electron chi connectivity index (χ1n) is 8.36. The fourth-order valence-corrected chi connectivity index (χ4v) is 3.27. The summed E-state index contributed by atoms with van der Waals surface area (Å²) in [5.41, 5.74) is 1.69. The van der Waals surface area contributed by atoms with E-state index in [2.05, 4.69) is 15.9 Å². The molecule has 1 aliphatic rings. The number of rotatable bonds is 5. The Morgan fingerprint density at radius 2 is 1.85 bits per heavy atom. The Morgan fingerprint density at radius 1 is 1.12 bits per heavy atom. The Bertz CT molecular complexity index is 893. The van der Waals surface area contributed by atoms with Crippen LogP contribution in [0.4, 0.5) is 0 Å². The highest BCUT2D eigenvalue weighted by molar-refractivity contribution is 9.10. The van der Waals surface area contributed by atoms with Crippen molar-refractivity contribution in [2.75, 3.05) is 0 Å². The van der Waals surface area contributed by atoms with Crippen LogP contribution in [0.3, 0.4) is 0 Å². The van der Waals surface area contributed by atoms with Crippen LogP contribution >= 0.6 is 15.9 Å². The molecule has 0 aromatic heterocycles. The fraction of sp³-hybridized carbons (Fsp3) is 0.250. The minimum Gasteiger partial charge on any atom is -0.457 e. The lowest BCUT2D eigenvalue weighted by atomic mass is 10.1. The van der Waals surface area contributed by atoms with Crippen LogP contribution in [-0.2, 0) is 11.3 Å². The Morgan fingerprint density at radius 3 is 2.54 bits per heavy atom. The number of esters is 1. The van der Waals surface area contributed by atoms with Gasteiger partial charge in [0.2, 0.25) is 0 Å². The second kappa shape index (κ2) is 7.41. The quantitative estimate of drug-likeness (QED) is 0.542. The molecule has 1 aliphatic heterocycles. The molecule has 0 N–H and O–H groups in total. The highest BCUT2D eigenvalue weighted by atomic mass is 79.9. The molecule has 2 aromatic rings. The summed E-state index contributed by atoms with van der Waals surface area (Å²) in [5.74, 6) is -1.20. The Hall–Kier alpha value is -2.47. The van der Waals surface area contributed by atoms with Gasteiger partial charge in [-0.25, -0.2) is 4.79 Å². The molecule has 0 aliphatic carbocycles. The number of benzene rings is 2. The first-order valence-corrected chi connectivity index (χ1v) is 9.15.